The molecule has 0 heterocycles. The van der Waals surface area contributed by atoms with Crippen molar-refractivity contribution in [2.75, 3.05) is 19.4 Å². The van der Waals surface area contributed by atoms with E-state index in [0.717, 1.165) is 22.9 Å². The number of anilines is 1. The molecular formula is C18H26N2O2S. The molecule has 23 heavy (non-hydrogen) atoms. The largest absolute Gasteiger partial charge is 0.339 e. The van der Waals surface area contributed by atoms with Gasteiger partial charge in [0.2, 0.25) is 5.91 Å². The van der Waals surface area contributed by atoms with Gasteiger partial charge in [0.15, 0.2) is 0 Å². The maximum atomic E-state index is 12.0. The van der Waals surface area contributed by atoms with Crippen LogP contribution < -0.4 is 5.32 Å². The first-order chi connectivity index (χ1) is 11.0. The van der Waals surface area contributed by atoms with Crippen LogP contribution in [0, 0.1) is 5.92 Å². The minimum absolute atomic E-state index is 0.00531. The molecule has 126 valence electrons. The van der Waals surface area contributed by atoms with Gasteiger partial charge in [-0.05, 0) is 48.4 Å². The fourth-order valence-corrected chi connectivity index (χ4v) is 3.49. The summed E-state index contributed by atoms with van der Waals surface area (Å²) in [7, 11) is 3.46. The van der Waals surface area contributed by atoms with Gasteiger partial charge in [-0.2, -0.15) is 0 Å². The zero-order chi connectivity index (χ0) is 16.7. The van der Waals surface area contributed by atoms with Crippen LogP contribution in [0.2, 0.25) is 0 Å². The van der Waals surface area contributed by atoms with Gasteiger partial charge in [-0.1, -0.05) is 32.1 Å². The Morgan fingerprint density at radius 1 is 1.13 bits per heavy atom. The highest BCUT2D eigenvalue weighted by molar-refractivity contribution is 8.13. The van der Waals surface area contributed by atoms with Crippen molar-refractivity contribution in [3.8, 4) is 0 Å². The highest BCUT2D eigenvalue weighted by Crippen LogP contribution is 2.27. The topological polar surface area (TPSA) is 49.4 Å². The van der Waals surface area contributed by atoms with E-state index in [2.05, 4.69) is 5.32 Å². The molecule has 0 unspecified atom stereocenters. The third-order valence-corrected chi connectivity index (χ3v) is 5.26. The molecule has 1 saturated carbocycles. The van der Waals surface area contributed by atoms with Crippen LogP contribution in [0.25, 0.3) is 0 Å². The summed E-state index contributed by atoms with van der Waals surface area (Å²) in [6.07, 6.45) is 8.13. The summed E-state index contributed by atoms with van der Waals surface area (Å²) in [5.74, 6) is 0.811. The predicted octanol–water partition coefficient (Wildman–Crippen LogP) is 4.76. The molecule has 1 aromatic rings. The molecule has 1 fully saturated rings. The van der Waals surface area contributed by atoms with Crippen molar-refractivity contribution >= 4 is 28.6 Å². The molecule has 1 N–H and O–H groups in total. The number of benzene rings is 1. The molecular weight excluding hydrogens is 308 g/mol. The number of hydrogen-bond acceptors (Lipinski definition) is 3. The van der Waals surface area contributed by atoms with Crippen LogP contribution in [0.15, 0.2) is 29.2 Å². The van der Waals surface area contributed by atoms with E-state index in [1.807, 2.05) is 24.3 Å². The number of carbonyl (C=O) groups excluding carboxylic acids is 2. The Morgan fingerprint density at radius 3 is 2.39 bits per heavy atom. The van der Waals surface area contributed by atoms with Gasteiger partial charge in [-0.25, -0.2) is 0 Å². The first-order valence-electron chi connectivity index (χ1n) is 8.33. The van der Waals surface area contributed by atoms with E-state index >= 15 is 0 Å². The summed E-state index contributed by atoms with van der Waals surface area (Å²) >= 11 is 1.18. The maximum absolute atomic E-state index is 12.0. The van der Waals surface area contributed by atoms with Gasteiger partial charge in [0.25, 0.3) is 5.24 Å². The molecule has 2 amide bonds. The quantitative estimate of drug-likeness (QED) is 0.790. The molecule has 1 aliphatic carbocycles. The van der Waals surface area contributed by atoms with Crippen molar-refractivity contribution < 1.29 is 9.59 Å². The van der Waals surface area contributed by atoms with E-state index in [1.54, 1.807) is 19.0 Å². The van der Waals surface area contributed by atoms with Crippen molar-refractivity contribution in [3.63, 3.8) is 0 Å². The van der Waals surface area contributed by atoms with E-state index < -0.39 is 0 Å². The number of thioether (sulfide) groups is 1. The minimum Gasteiger partial charge on any atom is -0.339 e. The highest BCUT2D eigenvalue weighted by Gasteiger charge is 2.15. The fraction of sp³-hybridized carbons (Fsp3) is 0.556. The van der Waals surface area contributed by atoms with Gasteiger partial charge in [0.1, 0.15) is 0 Å². The standard InChI is InChI=1S/C18H26N2O2S/c1-20(2)18(22)23-16-11-9-15(10-12-16)19-17(21)13-8-14-6-4-3-5-7-14/h9-12,14H,3-8,13H2,1-2H3,(H,19,21). The van der Waals surface area contributed by atoms with Crippen LogP contribution in [-0.4, -0.2) is 30.1 Å². The van der Waals surface area contributed by atoms with E-state index in [-0.39, 0.29) is 11.1 Å². The number of carbonyl (C=O) groups is 2. The summed E-state index contributed by atoms with van der Waals surface area (Å²) in [4.78, 5) is 26.1. The molecule has 4 nitrogen and oxygen atoms in total. The number of rotatable bonds is 5. The summed E-state index contributed by atoms with van der Waals surface area (Å²) < 4.78 is 0. The van der Waals surface area contributed by atoms with E-state index in [4.69, 9.17) is 0 Å². The van der Waals surface area contributed by atoms with Gasteiger partial charge in [0.05, 0.1) is 0 Å². The van der Waals surface area contributed by atoms with Crippen LogP contribution in [0.5, 0.6) is 0 Å². The van der Waals surface area contributed by atoms with Gasteiger partial charge >= 0.3 is 0 Å². The van der Waals surface area contributed by atoms with Crippen molar-refractivity contribution in [1.82, 2.24) is 4.90 Å². The number of nitrogens with one attached hydrogen (secondary N) is 1. The second-order valence-corrected chi connectivity index (χ2v) is 7.40. The molecule has 0 radical (unpaired) electrons. The molecule has 0 bridgehead atoms. The van der Waals surface area contributed by atoms with Crippen LogP contribution in [0.4, 0.5) is 10.5 Å². The lowest BCUT2D eigenvalue weighted by atomic mass is 9.86. The number of amides is 2. The average Bonchev–Trinajstić information content (AvgIpc) is 2.55. The van der Waals surface area contributed by atoms with Crippen molar-refractivity contribution in [2.45, 2.75) is 49.8 Å². The van der Waals surface area contributed by atoms with Crippen LogP contribution in [-0.2, 0) is 4.79 Å². The Kier molecular flexibility index (Phi) is 6.96. The molecule has 2 rings (SSSR count). The first-order valence-corrected chi connectivity index (χ1v) is 9.15. The predicted molar refractivity (Wildman–Crippen MR) is 95.8 cm³/mol. The van der Waals surface area contributed by atoms with E-state index in [0.29, 0.717) is 6.42 Å². The molecule has 5 heteroatoms. The summed E-state index contributed by atoms with van der Waals surface area (Å²) in [6.45, 7) is 0. The number of hydrogen-bond donors (Lipinski definition) is 1. The van der Waals surface area contributed by atoms with E-state index in [9.17, 15) is 9.59 Å². The van der Waals surface area contributed by atoms with Gasteiger partial charge in [0, 0.05) is 31.1 Å². The Morgan fingerprint density at radius 2 is 1.78 bits per heavy atom. The van der Waals surface area contributed by atoms with Gasteiger partial charge in [-0.3, -0.25) is 9.59 Å². The normalized spacial score (nSPS) is 15.2. The Labute approximate surface area is 143 Å². The lowest BCUT2D eigenvalue weighted by molar-refractivity contribution is -0.116. The van der Waals surface area contributed by atoms with Crippen molar-refractivity contribution in [3.05, 3.63) is 24.3 Å². The van der Waals surface area contributed by atoms with Crippen molar-refractivity contribution in [2.24, 2.45) is 5.92 Å². The average molecular weight is 334 g/mol. The lowest BCUT2D eigenvalue weighted by Crippen LogP contribution is -2.16. The number of nitrogens with zero attached hydrogens (tertiary/aromatic N) is 1. The maximum Gasteiger partial charge on any atom is 0.285 e. The zero-order valence-corrected chi connectivity index (χ0v) is 14.8. The molecule has 0 atom stereocenters. The molecule has 0 aliphatic heterocycles. The third-order valence-electron chi connectivity index (χ3n) is 4.21. The summed E-state index contributed by atoms with van der Waals surface area (Å²) in [5.41, 5.74) is 0.792. The lowest BCUT2D eigenvalue weighted by Gasteiger charge is -2.21. The minimum atomic E-state index is -0.00531. The Bertz CT molecular complexity index is 522. The second kappa shape index (κ2) is 8.96. The van der Waals surface area contributed by atoms with Gasteiger partial charge < -0.3 is 10.2 Å². The smallest absolute Gasteiger partial charge is 0.285 e. The second-order valence-electron chi connectivity index (χ2n) is 6.38. The Hall–Kier alpha value is -1.49. The SMILES string of the molecule is CN(C)C(=O)Sc1ccc(NC(=O)CCC2CCCCC2)cc1. The monoisotopic (exact) mass is 334 g/mol. The molecule has 0 aromatic heterocycles. The summed E-state index contributed by atoms with van der Waals surface area (Å²) in [6, 6.07) is 7.43. The molecule has 0 spiro atoms. The fourth-order valence-electron chi connectivity index (χ4n) is 2.83. The third kappa shape index (κ3) is 6.26. The van der Waals surface area contributed by atoms with Crippen molar-refractivity contribution in [1.29, 1.82) is 0 Å². The first kappa shape index (κ1) is 17.9. The highest BCUT2D eigenvalue weighted by atomic mass is 32.2. The van der Waals surface area contributed by atoms with Crippen LogP contribution in [0.1, 0.15) is 44.9 Å². The van der Waals surface area contributed by atoms with Crippen LogP contribution in [0.3, 0.4) is 0 Å². The van der Waals surface area contributed by atoms with Gasteiger partial charge in [-0.15, -0.1) is 0 Å². The van der Waals surface area contributed by atoms with Crippen LogP contribution >= 0.6 is 11.8 Å². The molecule has 1 aliphatic rings. The van der Waals surface area contributed by atoms with E-state index in [1.165, 1.54) is 43.9 Å². The zero-order valence-electron chi connectivity index (χ0n) is 14.0. The Balaban J connectivity index is 1.76. The molecule has 1 aromatic carbocycles. The molecule has 0 saturated heterocycles. The summed E-state index contributed by atoms with van der Waals surface area (Å²) in [5, 5.41) is 2.94.